The molecule has 150 valence electrons. The maximum atomic E-state index is 12.5. The highest BCUT2D eigenvalue weighted by atomic mass is 32.2. The lowest BCUT2D eigenvalue weighted by Crippen LogP contribution is -2.45. The van der Waals surface area contributed by atoms with E-state index in [2.05, 4.69) is 0 Å². The zero-order valence-corrected chi connectivity index (χ0v) is 15.9. The van der Waals surface area contributed by atoms with Crippen LogP contribution in [0.1, 0.15) is 53.3 Å². The minimum atomic E-state index is -4.63. The summed E-state index contributed by atoms with van der Waals surface area (Å²) < 4.78 is 35.8. The van der Waals surface area contributed by atoms with Crippen LogP contribution in [0.5, 0.6) is 5.75 Å². The Hall–Kier alpha value is -2.46. The molecule has 1 aromatic rings. The lowest BCUT2D eigenvalue weighted by Gasteiger charge is -2.15. The fourth-order valence-electron chi connectivity index (χ4n) is 2.37. The van der Waals surface area contributed by atoms with E-state index >= 15 is 0 Å². The van der Waals surface area contributed by atoms with E-state index in [0.717, 1.165) is 12.8 Å². The Morgan fingerprint density at radius 2 is 1.85 bits per heavy atom. The fraction of sp³-hybridized carbons (Fsp3) is 0.471. The molecule has 1 rings (SSSR count). The van der Waals surface area contributed by atoms with Crippen molar-refractivity contribution in [1.29, 1.82) is 0 Å². The number of Topliss-reactive ketones (excluding diaryl/α,β-unsaturated/α-hetero) is 1. The third kappa shape index (κ3) is 7.35. The van der Waals surface area contributed by atoms with Gasteiger partial charge in [0.1, 0.15) is 17.5 Å². The highest BCUT2D eigenvalue weighted by Crippen LogP contribution is 2.20. The Balaban J connectivity index is 3.13. The van der Waals surface area contributed by atoms with Crippen molar-refractivity contribution in [3.63, 3.8) is 0 Å². The predicted molar refractivity (Wildman–Crippen MR) is 96.8 cm³/mol. The van der Waals surface area contributed by atoms with Crippen molar-refractivity contribution < 1.29 is 37.2 Å². The molecule has 0 fully saturated rings. The van der Waals surface area contributed by atoms with E-state index in [1.54, 1.807) is 0 Å². The smallest absolute Gasteiger partial charge is 0.327 e. The van der Waals surface area contributed by atoms with Crippen molar-refractivity contribution in [3.05, 3.63) is 29.3 Å². The number of rotatable bonds is 11. The number of carbonyl (C=O) groups is 3. The lowest BCUT2D eigenvalue weighted by molar-refractivity contribution is -0.138. The van der Waals surface area contributed by atoms with Crippen molar-refractivity contribution in [3.8, 4) is 5.75 Å². The van der Waals surface area contributed by atoms with Crippen molar-refractivity contribution in [2.24, 2.45) is 0 Å². The van der Waals surface area contributed by atoms with Crippen molar-refractivity contribution in [2.75, 3.05) is 12.9 Å². The Morgan fingerprint density at radius 1 is 1.19 bits per heavy atom. The van der Waals surface area contributed by atoms with Crippen LogP contribution in [-0.4, -0.2) is 54.6 Å². The number of ketones is 1. The van der Waals surface area contributed by atoms with Crippen molar-refractivity contribution >= 4 is 27.8 Å². The predicted octanol–water partition coefficient (Wildman–Crippen LogP) is 1.53. The first kappa shape index (κ1) is 22.6. The Labute approximate surface area is 157 Å². The van der Waals surface area contributed by atoms with E-state index in [1.807, 2.05) is 12.2 Å². The highest BCUT2D eigenvalue weighted by molar-refractivity contribution is 7.85. The van der Waals surface area contributed by atoms with Gasteiger partial charge in [0.15, 0.2) is 5.78 Å². The molecule has 0 saturated heterocycles. The maximum Gasteiger partial charge on any atom is 0.327 e. The maximum absolute atomic E-state index is 12.5. The van der Waals surface area contributed by atoms with Crippen molar-refractivity contribution in [1.82, 2.24) is 5.32 Å². The quantitative estimate of drug-likeness (QED) is 0.287. The Bertz CT molecular complexity index is 803. The third-order valence-corrected chi connectivity index (χ3v) is 4.51. The summed E-state index contributed by atoms with van der Waals surface area (Å²) in [5, 5.41) is 11.1. The molecular formula is C17H23NO8S. The van der Waals surface area contributed by atoms with Crippen LogP contribution in [0.15, 0.2) is 18.2 Å². The number of benzene rings is 1. The first-order valence-electron chi connectivity index (χ1n) is 8.29. The molecule has 0 aromatic heterocycles. The van der Waals surface area contributed by atoms with Gasteiger partial charge in [-0.15, -0.1) is 0 Å². The van der Waals surface area contributed by atoms with Gasteiger partial charge in [-0.3, -0.25) is 14.1 Å². The summed E-state index contributed by atoms with van der Waals surface area (Å²) in [4.78, 5) is 36.1. The second-order valence-corrected chi connectivity index (χ2v) is 7.40. The van der Waals surface area contributed by atoms with Crippen LogP contribution < -0.4 is 10.1 Å². The molecule has 0 aliphatic carbocycles. The number of ether oxygens (including phenoxy) is 1. The fourth-order valence-corrected chi connectivity index (χ4v) is 3.02. The molecule has 3 N–H and O–H groups in total. The van der Waals surface area contributed by atoms with Gasteiger partial charge < -0.3 is 15.2 Å². The van der Waals surface area contributed by atoms with Gasteiger partial charge in [0.25, 0.3) is 16.0 Å². The molecule has 1 atom stereocenters. The summed E-state index contributed by atoms with van der Waals surface area (Å²) in [5.41, 5.74) is -0.0437. The van der Waals surface area contributed by atoms with Gasteiger partial charge in [0, 0.05) is 12.0 Å². The van der Waals surface area contributed by atoms with Crippen molar-refractivity contribution in [2.45, 2.75) is 38.6 Å². The molecular weight excluding hydrogens is 378 g/mol. The zero-order chi connectivity index (χ0) is 20.6. The zero-order valence-electron chi connectivity index (χ0n) is 15.1. The Kier molecular flexibility index (Phi) is 8.38. The van der Waals surface area contributed by atoms with Gasteiger partial charge >= 0.3 is 5.97 Å². The highest BCUT2D eigenvalue weighted by Gasteiger charge is 2.27. The Morgan fingerprint density at radius 3 is 2.37 bits per heavy atom. The second-order valence-electron chi connectivity index (χ2n) is 5.90. The molecule has 0 saturated carbocycles. The average Bonchev–Trinajstić information content (AvgIpc) is 2.59. The summed E-state index contributed by atoms with van der Waals surface area (Å²) in [7, 11) is -3.23. The molecule has 10 heteroatoms. The van der Waals surface area contributed by atoms with Crippen LogP contribution in [-0.2, 0) is 14.9 Å². The number of carbonyl (C=O) groups excluding carboxylic acids is 2. The van der Waals surface area contributed by atoms with Gasteiger partial charge in [-0.2, -0.15) is 8.42 Å². The van der Waals surface area contributed by atoms with Crippen LogP contribution in [0.3, 0.4) is 0 Å². The largest absolute Gasteiger partial charge is 0.497 e. The van der Waals surface area contributed by atoms with Gasteiger partial charge in [0.05, 0.1) is 12.7 Å². The van der Waals surface area contributed by atoms with E-state index in [1.165, 1.54) is 25.3 Å². The second kappa shape index (κ2) is 10.0. The van der Waals surface area contributed by atoms with Crippen LogP contribution in [0, 0.1) is 0 Å². The molecule has 0 bridgehead atoms. The van der Waals surface area contributed by atoms with Gasteiger partial charge in [0.2, 0.25) is 0 Å². The number of amides is 1. The summed E-state index contributed by atoms with van der Waals surface area (Å²) in [6.07, 6.45) is 2.59. The molecule has 27 heavy (non-hydrogen) atoms. The number of nitrogens with one attached hydrogen (secondary N) is 1. The molecule has 0 aliphatic heterocycles. The molecule has 1 unspecified atom stereocenters. The van der Waals surface area contributed by atoms with E-state index in [4.69, 9.17) is 14.4 Å². The normalized spacial score (nSPS) is 12.3. The summed E-state index contributed by atoms with van der Waals surface area (Å²) in [5.74, 6) is -3.73. The molecule has 0 aliphatic rings. The molecule has 1 aromatic carbocycles. The number of aliphatic carboxylic acids is 1. The number of unbranched alkanes of at least 4 members (excludes halogenated alkanes) is 2. The van der Waals surface area contributed by atoms with Crippen LogP contribution in [0.25, 0.3) is 0 Å². The standard InChI is InChI=1S/C17H23NO8S/c1-3-4-5-6-15(19)13-9-11(26-2)7-8-12(13)16(20)18-14(17(21)22)10-27(23,24)25/h7-9,14H,3-6,10H2,1-2H3,(H,18,20)(H,21,22)(H,23,24,25). The lowest BCUT2D eigenvalue weighted by atomic mass is 9.98. The van der Waals surface area contributed by atoms with E-state index in [-0.39, 0.29) is 23.3 Å². The first-order valence-corrected chi connectivity index (χ1v) is 9.90. The monoisotopic (exact) mass is 401 g/mol. The summed E-state index contributed by atoms with van der Waals surface area (Å²) in [6, 6.07) is 2.24. The minimum Gasteiger partial charge on any atom is -0.497 e. The summed E-state index contributed by atoms with van der Waals surface area (Å²) >= 11 is 0. The molecule has 0 radical (unpaired) electrons. The third-order valence-electron chi connectivity index (χ3n) is 3.76. The number of methoxy groups -OCH3 is 1. The minimum absolute atomic E-state index is 0.0546. The molecule has 0 spiro atoms. The van der Waals surface area contributed by atoms with Gasteiger partial charge in [-0.1, -0.05) is 19.8 Å². The van der Waals surface area contributed by atoms with Crippen LogP contribution in [0.4, 0.5) is 0 Å². The number of hydrogen-bond acceptors (Lipinski definition) is 6. The topological polar surface area (TPSA) is 147 Å². The molecule has 0 heterocycles. The van der Waals surface area contributed by atoms with Gasteiger partial charge in [-0.05, 0) is 24.6 Å². The first-order chi connectivity index (χ1) is 12.6. The van der Waals surface area contributed by atoms with Crippen LogP contribution in [0.2, 0.25) is 0 Å². The summed E-state index contributed by atoms with van der Waals surface area (Å²) in [6.45, 7) is 1.98. The molecule has 9 nitrogen and oxygen atoms in total. The number of hydrogen-bond donors (Lipinski definition) is 3. The van der Waals surface area contributed by atoms with E-state index in [0.29, 0.717) is 12.2 Å². The van der Waals surface area contributed by atoms with E-state index < -0.39 is 33.8 Å². The number of carboxylic acids is 1. The SMILES string of the molecule is CCCCCC(=O)c1cc(OC)ccc1C(=O)NC(CS(=O)(=O)O)C(=O)O. The number of carboxylic acid groups (broad SMARTS) is 1. The van der Waals surface area contributed by atoms with Crippen LogP contribution >= 0.6 is 0 Å². The average molecular weight is 401 g/mol. The van der Waals surface area contributed by atoms with Gasteiger partial charge in [-0.25, -0.2) is 4.79 Å². The molecule has 1 amide bonds. The van der Waals surface area contributed by atoms with E-state index in [9.17, 15) is 22.8 Å².